The summed E-state index contributed by atoms with van der Waals surface area (Å²) in [6, 6.07) is 7.22. The molecule has 0 spiro atoms. The minimum atomic E-state index is 0.679. The van der Waals surface area contributed by atoms with E-state index in [4.69, 9.17) is 0 Å². The zero-order valence-corrected chi connectivity index (χ0v) is 13.2. The van der Waals surface area contributed by atoms with Crippen LogP contribution in [0.3, 0.4) is 0 Å². The Morgan fingerprint density at radius 3 is 2.44 bits per heavy atom. The van der Waals surface area contributed by atoms with Crippen molar-refractivity contribution in [1.29, 1.82) is 0 Å². The lowest BCUT2D eigenvalue weighted by molar-refractivity contribution is 0.104. The van der Waals surface area contributed by atoms with Crippen LogP contribution in [0.5, 0.6) is 0 Å². The molecule has 100 valence electrons. The van der Waals surface area contributed by atoms with Gasteiger partial charge in [-0.05, 0) is 31.9 Å². The van der Waals surface area contributed by atoms with Crippen molar-refractivity contribution in [2.24, 2.45) is 0 Å². The van der Waals surface area contributed by atoms with Crippen LogP contribution in [0.15, 0.2) is 22.7 Å². The van der Waals surface area contributed by atoms with Gasteiger partial charge >= 0.3 is 0 Å². The molecule has 3 heteroatoms. The molecule has 0 atom stereocenters. The molecule has 18 heavy (non-hydrogen) atoms. The van der Waals surface area contributed by atoms with Gasteiger partial charge in [0.15, 0.2) is 0 Å². The molecule has 0 amide bonds. The molecule has 0 bridgehead atoms. The number of hydrogen-bond acceptors (Lipinski definition) is 2. The van der Waals surface area contributed by atoms with Crippen LogP contribution in [0.1, 0.15) is 25.0 Å². The van der Waals surface area contributed by atoms with Crippen LogP contribution in [0, 0.1) is 6.92 Å². The predicted molar refractivity (Wildman–Crippen MR) is 80.9 cm³/mol. The van der Waals surface area contributed by atoms with Gasteiger partial charge in [-0.25, -0.2) is 0 Å². The summed E-state index contributed by atoms with van der Waals surface area (Å²) in [7, 11) is 0. The summed E-state index contributed by atoms with van der Waals surface area (Å²) >= 11 is 3.70. The predicted octanol–water partition coefficient (Wildman–Crippen LogP) is 3.28. The maximum Gasteiger partial charge on any atom is 0.0249 e. The molecule has 0 aliphatic carbocycles. The molecule has 0 saturated carbocycles. The summed E-state index contributed by atoms with van der Waals surface area (Å²) in [6.45, 7) is 12.5. The third-order valence-corrected chi connectivity index (χ3v) is 4.94. The molecule has 2 nitrogen and oxygen atoms in total. The molecule has 0 radical (unpaired) electrons. The number of benzene rings is 1. The number of aryl methyl sites for hydroxylation is 1. The lowest BCUT2D eigenvalue weighted by Gasteiger charge is -2.37. The number of nitrogens with zero attached hydrogens (tertiary/aromatic N) is 2. The second kappa shape index (κ2) is 6.18. The van der Waals surface area contributed by atoms with Crippen molar-refractivity contribution >= 4 is 15.9 Å². The van der Waals surface area contributed by atoms with Crippen LogP contribution >= 0.6 is 15.9 Å². The second-order valence-electron chi connectivity index (χ2n) is 5.45. The topological polar surface area (TPSA) is 6.48 Å². The second-order valence-corrected chi connectivity index (χ2v) is 6.25. The zero-order chi connectivity index (χ0) is 13.1. The first-order chi connectivity index (χ1) is 8.58. The summed E-state index contributed by atoms with van der Waals surface area (Å²) < 4.78 is 1.27. The maximum absolute atomic E-state index is 3.70. The number of rotatable bonds is 3. The third-order valence-electron chi connectivity index (χ3n) is 3.80. The Labute approximate surface area is 119 Å². The molecule has 2 rings (SSSR count). The summed E-state index contributed by atoms with van der Waals surface area (Å²) in [5.41, 5.74) is 2.74. The standard InChI is InChI=1S/C15H23BrN2/c1-12(2)18-9-7-17(8-10-18)11-14-6-4-5-13(3)15(14)16/h4-6,12H,7-11H2,1-3H3. The Balaban J connectivity index is 1.94. The van der Waals surface area contributed by atoms with Gasteiger partial charge in [0.2, 0.25) is 0 Å². The lowest BCUT2D eigenvalue weighted by atomic mass is 10.1. The SMILES string of the molecule is Cc1cccc(CN2CCN(C(C)C)CC2)c1Br. The minimum absolute atomic E-state index is 0.679. The molecule has 1 aromatic carbocycles. The Morgan fingerprint density at radius 1 is 1.17 bits per heavy atom. The molecule has 1 aliphatic heterocycles. The van der Waals surface area contributed by atoms with Crippen molar-refractivity contribution in [3.05, 3.63) is 33.8 Å². The van der Waals surface area contributed by atoms with E-state index in [1.54, 1.807) is 0 Å². The van der Waals surface area contributed by atoms with Gasteiger partial charge in [-0.3, -0.25) is 9.80 Å². The highest BCUT2D eigenvalue weighted by Gasteiger charge is 2.19. The van der Waals surface area contributed by atoms with Gasteiger partial charge in [-0.2, -0.15) is 0 Å². The molecule has 1 fully saturated rings. The molecule has 1 saturated heterocycles. The van der Waals surface area contributed by atoms with Gasteiger partial charge in [0.05, 0.1) is 0 Å². The summed E-state index contributed by atoms with van der Waals surface area (Å²) in [6.07, 6.45) is 0. The van der Waals surface area contributed by atoms with E-state index in [9.17, 15) is 0 Å². The van der Waals surface area contributed by atoms with Crippen LogP contribution in [-0.4, -0.2) is 42.0 Å². The molecular formula is C15H23BrN2. The largest absolute Gasteiger partial charge is 0.298 e. The van der Waals surface area contributed by atoms with E-state index in [1.165, 1.54) is 41.8 Å². The maximum atomic E-state index is 3.70. The molecule has 0 unspecified atom stereocenters. The van der Waals surface area contributed by atoms with Gasteiger partial charge in [0.25, 0.3) is 0 Å². The highest BCUT2D eigenvalue weighted by atomic mass is 79.9. The Hall–Kier alpha value is -0.380. The lowest BCUT2D eigenvalue weighted by Crippen LogP contribution is -2.48. The van der Waals surface area contributed by atoms with Gasteiger partial charge in [0.1, 0.15) is 0 Å². The number of hydrogen-bond donors (Lipinski definition) is 0. The number of piperazine rings is 1. The van der Waals surface area contributed by atoms with Crippen LogP contribution in [0.4, 0.5) is 0 Å². The van der Waals surface area contributed by atoms with Crippen LogP contribution in [0.2, 0.25) is 0 Å². The van der Waals surface area contributed by atoms with Gasteiger partial charge in [-0.15, -0.1) is 0 Å². The highest BCUT2D eigenvalue weighted by molar-refractivity contribution is 9.10. The first-order valence-corrected chi connectivity index (χ1v) is 7.57. The average molecular weight is 311 g/mol. The molecular weight excluding hydrogens is 288 g/mol. The summed E-state index contributed by atoms with van der Waals surface area (Å²) in [5.74, 6) is 0. The quantitative estimate of drug-likeness (QED) is 0.845. The first kappa shape index (κ1) is 14.0. The molecule has 1 aliphatic rings. The number of halogens is 1. The van der Waals surface area contributed by atoms with E-state index in [1.807, 2.05) is 0 Å². The first-order valence-electron chi connectivity index (χ1n) is 6.78. The van der Waals surface area contributed by atoms with E-state index in [0.717, 1.165) is 6.54 Å². The zero-order valence-electron chi connectivity index (χ0n) is 11.6. The Bertz CT molecular complexity index is 395. The smallest absolute Gasteiger partial charge is 0.0249 e. The Kier molecular flexibility index (Phi) is 4.82. The van der Waals surface area contributed by atoms with E-state index in [-0.39, 0.29) is 0 Å². The van der Waals surface area contributed by atoms with Crippen LogP contribution in [0.25, 0.3) is 0 Å². The average Bonchev–Trinajstić information content (AvgIpc) is 2.36. The van der Waals surface area contributed by atoms with Crippen molar-refractivity contribution in [1.82, 2.24) is 9.80 Å². The van der Waals surface area contributed by atoms with E-state index < -0.39 is 0 Å². The van der Waals surface area contributed by atoms with Crippen molar-refractivity contribution in [3.63, 3.8) is 0 Å². The fourth-order valence-electron chi connectivity index (χ4n) is 2.51. The highest BCUT2D eigenvalue weighted by Crippen LogP contribution is 2.23. The van der Waals surface area contributed by atoms with E-state index >= 15 is 0 Å². The van der Waals surface area contributed by atoms with Gasteiger partial charge in [-0.1, -0.05) is 34.1 Å². The van der Waals surface area contributed by atoms with Crippen LogP contribution in [-0.2, 0) is 6.54 Å². The van der Waals surface area contributed by atoms with Crippen molar-refractivity contribution in [2.75, 3.05) is 26.2 Å². The fraction of sp³-hybridized carbons (Fsp3) is 0.600. The summed E-state index contributed by atoms with van der Waals surface area (Å²) in [4.78, 5) is 5.11. The van der Waals surface area contributed by atoms with E-state index in [2.05, 4.69) is 64.7 Å². The van der Waals surface area contributed by atoms with Gasteiger partial charge in [0, 0.05) is 43.2 Å². The van der Waals surface area contributed by atoms with Crippen molar-refractivity contribution in [2.45, 2.75) is 33.4 Å². The molecule has 1 aromatic rings. The molecule has 0 N–H and O–H groups in total. The molecule has 0 aromatic heterocycles. The summed E-state index contributed by atoms with van der Waals surface area (Å²) in [5, 5.41) is 0. The van der Waals surface area contributed by atoms with Crippen molar-refractivity contribution in [3.8, 4) is 0 Å². The van der Waals surface area contributed by atoms with Crippen LogP contribution < -0.4 is 0 Å². The third kappa shape index (κ3) is 3.34. The molecule has 1 heterocycles. The minimum Gasteiger partial charge on any atom is -0.298 e. The fourth-order valence-corrected chi connectivity index (χ4v) is 2.90. The monoisotopic (exact) mass is 310 g/mol. The Morgan fingerprint density at radius 2 is 1.83 bits per heavy atom. The van der Waals surface area contributed by atoms with Crippen molar-refractivity contribution < 1.29 is 0 Å². The van der Waals surface area contributed by atoms with E-state index in [0.29, 0.717) is 6.04 Å². The van der Waals surface area contributed by atoms with Gasteiger partial charge < -0.3 is 0 Å². The normalized spacial score (nSPS) is 18.5.